The number of carbonyl (C=O) groups is 1. The van der Waals surface area contributed by atoms with Gasteiger partial charge in [0.2, 0.25) is 0 Å². The number of ketones is 1. The van der Waals surface area contributed by atoms with Gasteiger partial charge in [0.1, 0.15) is 0 Å². The summed E-state index contributed by atoms with van der Waals surface area (Å²) in [5, 5.41) is 0.203. The second-order valence-electron chi connectivity index (χ2n) is 4.46. The number of thioether (sulfide) groups is 2. The van der Waals surface area contributed by atoms with Crippen molar-refractivity contribution >= 4 is 29.3 Å². The third-order valence-corrected chi connectivity index (χ3v) is 6.46. The van der Waals surface area contributed by atoms with E-state index in [4.69, 9.17) is 0 Å². The SMILES string of the molecule is CCC1SCCSC1C(=O)Cc1cccc(F)c1F. The second kappa shape index (κ2) is 6.75. The highest BCUT2D eigenvalue weighted by atomic mass is 32.2. The summed E-state index contributed by atoms with van der Waals surface area (Å²) in [6.07, 6.45) is 0.915. The van der Waals surface area contributed by atoms with Crippen molar-refractivity contribution in [2.75, 3.05) is 11.5 Å². The van der Waals surface area contributed by atoms with Crippen LogP contribution in [-0.2, 0) is 11.2 Å². The third-order valence-electron chi connectivity index (χ3n) is 3.17. The lowest BCUT2D eigenvalue weighted by Gasteiger charge is -2.28. The van der Waals surface area contributed by atoms with Crippen LogP contribution in [0.25, 0.3) is 0 Å². The Balaban J connectivity index is 2.09. The fraction of sp³-hybridized carbons (Fsp3) is 0.500. The fourth-order valence-corrected chi connectivity index (χ4v) is 5.21. The summed E-state index contributed by atoms with van der Waals surface area (Å²) in [5.74, 6) is 0.235. The van der Waals surface area contributed by atoms with Crippen molar-refractivity contribution < 1.29 is 13.6 Å². The topological polar surface area (TPSA) is 17.1 Å². The predicted molar refractivity (Wildman–Crippen MR) is 77.9 cm³/mol. The monoisotopic (exact) mass is 302 g/mol. The van der Waals surface area contributed by atoms with Crippen LogP contribution < -0.4 is 0 Å². The molecular weight excluding hydrogens is 286 g/mol. The molecule has 5 heteroatoms. The number of benzene rings is 1. The van der Waals surface area contributed by atoms with E-state index < -0.39 is 11.6 Å². The summed E-state index contributed by atoms with van der Waals surface area (Å²) in [7, 11) is 0. The molecule has 1 saturated heterocycles. The molecule has 1 nitrogen and oxygen atoms in total. The quantitative estimate of drug-likeness (QED) is 0.844. The van der Waals surface area contributed by atoms with E-state index in [1.165, 1.54) is 12.1 Å². The largest absolute Gasteiger partial charge is 0.298 e. The van der Waals surface area contributed by atoms with Gasteiger partial charge in [-0.1, -0.05) is 19.1 Å². The van der Waals surface area contributed by atoms with E-state index in [2.05, 4.69) is 6.92 Å². The molecule has 0 saturated carbocycles. The molecule has 1 aliphatic rings. The van der Waals surface area contributed by atoms with E-state index in [9.17, 15) is 13.6 Å². The summed E-state index contributed by atoms with van der Waals surface area (Å²) < 4.78 is 26.7. The summed E-state index contributed by atoms with van der Waals surface area (Å²) >= 11 is 3.45. The molecular formula is C14H16F2OS2. The lowest BCUT2D eigenvalue weighted by Crippen LogP contribution is -2.34. The smallest absolute Gasteiger partial charge is 0.162 e. The van der Waals surface area contributed by atoms with Gasteiger partial charge in [0.05, 0.1) is 5.25 Å². The van der Waals surface area contributed by atoms with Crippen molar-refractivity contribution in [1.82, 2.24) is 0 Å². The van der Waals surface area contributed by atoms with Crippen LogP contribution in [0.4, 0.5) is 8.78 Å². The molecule has 2 atom stereocenters. The first-order valence-corrected chi connectivity index (χ1v) is 8.42. The van der Waals surface area contributed by atoms with E-state index in [1.807, 2.05) is 11.8 Å². The van der Waals surface area contributed by atoms with Crippen molar-refractivity contribution in [1.29, 1.82) is 0 Å². The Morgan fingerprint density at radius 1 is 1.32 bits per heavy atom. The van der Waals surface area contributed by atoms with Gasteiger partial charge in [0.15, 0.2) is 17.4 Å². The van der Waals surface area contributed by atoms with Crippen molar-refractivity contribution in [3.05, 3.63) is 35.4 Å². The lowest BCUT2D eigenvalue weighted by molar-refractivity contribution is -0.118. The van der Waals surface area contributed by atoms with Crippen LogP contribution in [0, 0.1) is 11.6 Å². The van der Waals surface area contributed by atoms with Crippen LogP contribution >= 0.6 is 23.5 Å². The Kier molecular flexibility index (Phi) is 5.28. The Hall–Kier alpha value is -0.550. The average Bonchev–Trinajstić information content (AvgIpc) is 2.43. The number of Topliss-reactive ketones (excluding diaryl/α,β-unsaturated/α-hetero) is 1. The van der Waals surface area contributed by atoms with E-state index >= 15 is 0 Å². The molecule has 0 bridgehead atoms. The normalized spacial score (nSPS) is 23.3. The first-order chi connectivity index (χ1) is 9.13. The summed E-state index contributed by atoms with van der Waals surface area (Å²) in [5.41, 5.74) is 0.163. The first kappa shape index (κ1) is 14.9. The maximum absolute atomic E-state index is 13.6. The molecule has 0 aromatic heterocycles. The first-order valence-electron chi connectivity index (χ1n) is 6.32. The van der Waals surface area contributed by atoms with Gasteiger partial charge in [-0.2, -0.15) is 11.8 Å². The molecule has 0 radical (unpaired) electrons. The molecule has 0 amide bonds. The zero-order valence-electron chi connectivity index (χ0n) is 10.7. The minimum Gasteiger partial charge on any atom is -0.298 e. The highest BCUT2D eigenvalue weighted by Gasteiger charge is 2.31. The fourth-order valence-electron chi connectivity index (χ4n) is 2.17. The van der Waals surface area contributed by atoms with Gasteiger partial charge in [-0.15, -0.1) is 11.8 Å². The van der Waals surface area contributed by atoms with Crippen molar-refractivity contribution in [3.8, 4) is 0 Å². The van der Waals surface area contributed by atoms with Crippen molar-refractivity contribution in [3.63, 3.8) is 0 Å². The Morgan fingerprint density at radius 2 is 2.05 bits per heavy atom. The van der Waals surface area contributed by atoms with E-state index in [0.29, 0.717) is 5.25 Å². The molecule has 19 heavy (non-hydrogen) atoms. The Bertz CT molecular complexity index is 465. The van der Waals surface area contributed by atoms with E-state index in [-0.39, 0.29) is 23.0 Å². The summed E-state index contributed by atoms with van der Waals surface area (Å²) in [4.78, 5) is 12.3. The van der Waals surface area contributed by atoms with Gasteiger partial charge in [-0.25, -0.2) is 8.78 Å². The molecule has 1 aliphatic heterocycles. The molecule has 2 rings (SSSR count). The number of halogens is 2. The minimum absolute atomic E-state index is 0.00792. The van der Waals surface area contributed by atoms with Gasteiger partial charge >= 0.3 is 0 Å². The van der Waals surface area contributed by atoms with Crippen molar-refractivity contribution in [2.24, 2.45) is 0 Å². The van der Waals surface area contributed by atoms with Gasteiger partial charge in [-0.05, 0) is 18.1 Å². The maximum Gasteiger partial charge on any atom is 0.162 e. The van der Waals surface area contributed by atoms with Crippen LogP contribution in [0.5, 0.6) is 0 Å². The van der Waals surface area contributed by atoms with E-state index in [1.54, 1.807) is 11.8 Å². The molecule has 1 aromatic carbocycles. The molecule has 2 unspecified atom stereocenters. The highest BCUT2D eigenvalue weighted by molar-refractivity contribution is 8.07. The Morgan fingerprint density at radius 3 is 2.79 bits per heavy atom. The standard InChI is InChI=1S/C14H16F2OS2/c1-2-12-14(19-7-6-18-12)11(17)8-9-4-3-5-10(15)13(9)16/h3-5,12,14H,2,6-8H2,1H3. The third kappa shape index (κ3) is 3.51. The molecule has 0 aliphatic carbocycles. The van der Waals surface area contributed by atoms with Crippen LogP contribution in [0.1, 0.15) is 18.9 Å². The van der Waals surface area contributed by atoms with Crippen LogP contribution in [0.15, 0.2) is 18.2 Å². The maximum atomic E-state index is 13.6. The molecule has 0 N–H and O–H groups in total. The van der Waals surface area contributed by atoms with Gasteiger partial charge in [0.25, 0.3) is 0 Å². The summed E-state index contributed by atoms with van der Waals surface area (Å²) in [6.45, 7) is 2.06. The summed E-state index contributed by atoms with van der Waals surface area (Å²) in [6, 6.07) is 4.00. The number of hydrogen-bond acceptors (Lipinski definition) is 3. The number of rotatable bonds is 4. The van der Waals surface area contributed by atoms with Gasteiger partial charge < -0.3 is 0 Å². The molecule has 1 heterocycles. The number of carbonyl (C=O) groups excluding carboxylic acids is 1. The number of hydrogen-bond donors (Lipinski definition) is 0. The second-order valence-corrected chi connectivity index (χ2v) is 7.06. The van der Waals surface area contributed by atoms with Crippen LogP contribution in [0.2, 0.25) is 0 Å². The van der Waals surface area contributed by atoms with Crippen LogP contribution in [0.3, 0.4) is 0 Å². The zero-order chi connectivity index (χ0) is 13.8. The van der Waals surface area contributed by atoms with Gasteiger partial charge in [-0.3, -0.25) is 4.79 Å². The van der Waals surface area contributed by atoms with E-state index in [0.717, 1.165) is 24.0 Å². The molecule has 1 fully saturated rings. The van der Waals surface area contributed by atoms with Crippen molar-refractivity contribution in [2.45, 2.75) is 30.3 Å². The molecule has 0 spiro atoms. The highest BCUT2D eigenvalue weighted by Crippen LogP contribution is 2.34. The Labute approximate surface area is 120 Å². The molecule has 1 aromatic rings. The van der Waals surface area contributed by atoms with Gasteiger partial charge in [0, 0.05) is 23.2 Å². The average molecular weight is 302 g/mol. The van der Waals surface area contributed by atoms with Crippen LogP contribution in [-0.4, -0.2) is 27.8 Å². The predicted octanol–water partition coefficient (Wildman–Crippen LogP) is 3.70. The molecule has 104 valence electrons. The lowest BCUT2D eigenvalue weighted by atomic mass is 10.0. The zero-order valence-corrected chi connectivity index (χ0v) is 12.3. The minimum atomic E-state index is -0.891.